The Kier molecular flexibility index (Phi) is 3.99. The maximum Gasteiger partial charge on any atom is 0.573 e. The van der Waals surface area contributed by atoms with Crippen molar-refractivity contribution in [2.24, 2.45) is 0 Å². The normalized spacial score (nSPS) is 11.3. The lowest BCUT2D eigenvalue weighted by Gasteiger charge is -2.09. The van der Waals surface area contributed by atoms with Crippen molar-refractivity contribution in [2.75, 3.05) is 0 Å². The predicted octanol–water partition coefficient (Wildman–Crippen LogP) is 3.86. The van der Waals surface area contributed by atoms with Gasteiger partial charge in [0.15, 0.2) is 0 Å². The van der Waals surface area contributed by atoms with Gasteiger partial charge < -0.3 is 4.74 Å². The highest BCUT2D eigenvalue weighted by atomic mass is 127. The fraction of sp³-hybridized carbons (Fsp3) is 0.143. The average Bonchev–Trinajstić information content (AvgIpc) is 2.07. The molecule has 4 nitrogen and oxygen atoms in total. The Bertz CT molecular complexity index is 438. The van der Waals surface area contributed by atoms with E-state index in [9.17, 15) is 23.3 Å². The van der Waals surface area contributed by atoms with E-state index in [1.807, 2.05) is 0 Å². The summed E-state index contributed by atoms with van der Waals surface area (Å²) in [5.41, 5.74) is -0.450. The molecule has 0 aromatic heterocycles. The molecular weight excluding hydrogens is 410 g/mol. The van der Waals surface area contributed by atoms with Gasteiger partial charge in [-0.1, -0.05) is 0 Å². The number of nitro groups is 1. The topological polar surface area (TPSA) is 52.4 Å². The molecule has 0 fully saturated rings. The zero-order chi connectivity index (χ0) is 12.5. The lowest BCUT2D eigenvalue weighted by atomic mass is 10.3. The molecule has 0 unspecified atom stereocenters. The molecule has 1 aromatic rings. The molecule has 0 N–H and O–H groups in total. The van der Waals surface area contributed by atoms with Gasteiger partial charge in [-0.25, -0.2) is 0 Å². The molecule has 9 heteroatoms. The van der Waals surface area contributed by atoms with Gasteiger partial charge in [0.2, 0.25) is 0 Å². The van der Waals surface area contributed by atoms with Gasteiger partial charge in [0.05, 0.1) is 11.0 Å². The van der Waals surface area contributed by atoms with E-state index in [-0.39, 0.29) is 8.04 Å². The van der Waals surface area contributed by atoms with Crippen LogP contribution < -0.4 is 4.74 Å². The molecule has 16 heavy (non-hydrogen) atoms. The number of nitrogens with zero attached hydrogens (tertiary/aromatic N) is 1. The third-order valence-electron chi connectivity index (χ3n) is 1.41. The molecule has 0 saturated carbocycles. The first-order valence-electron chi connectivity index (χ1n) is 3.60. The number of ether oxygens (including phenoxy) is 1. The molecule has 0 aliphatic rings. The van der Waals surface area contributed by atoms with Gasteiger partial charge in [0.25, 0.3) is 5.69 Å². The van der Waals surface area contributed by atoms with Gasteiger partial charge in [0.1, 0.15) is 9.32 Å². The maximum absolute atomic E-state index is 11.9. The highest BCUT2D eigenvalue weighted by molar-refractivity contribution is 14.1. The van der Waals surface area contributed by atoms with Crippen LogP contribution >= 0.6 is 38.5 Å². The fourth-order valence-corrected chi connectivity index (χ4v) is 1.81. The molecule has 0 radical (unpaired) electrons. The van der Waals surface area contributed by atoms with E-state index in [1.165, 1.54) is 0 Å². The zero-order valence-electron chi connectivity index (χ0n) is 7.22. The third kappa shape index (κ3) is 3.47. The summed E-state index contributed by atoms with van der Waals surface area (Å²) < 4.78 is 39.7. The third-order valence-corrected chi connectivity index (χ3v) is 3.91. The van der Waals surface area contributed by atoms with Crippen molar-refractivity contribution in [3.05, 3.63) is 30.3 Å². The van der Waals surface area contributed by atoms with E-state index in [4.69, 9.17) is 0 Å². The van der Waals surface area contributed by atoms with Crippen LogP contribution in [-0.4, -0.2) is 11.3 Å². The van der Waals surface area contributed by atoms with Crippen LogP contribution in [0.25, 0.3) is 0 Å². The number of benzene rings is 1. The molecule has 1 aromatic carbocycles. The first kappa shape index (κ1) is 13.5. The summed E-state index contributed by atoms with van der Waals surface area (Å²) in [7, 11) is 0. The molecule has 88 valence electrons. The Balaban J connectivity index is 3.19. The van der Waals surface area contributed by atoms with Crippen LogP contribution in [0.2, 0.25) is 0 Å². The zero-order valence-corrected chi connectivity index (χ0v) is 11.0. The van der Waals surface area contributed by atoms with Crippen molar-refractivity contribution in [3.63, 3.8) is 0 Å². The van der Waals surface area contributed by atoms with Crippen molar-refractivity contribution in [2.45, 2.75) is 6.36 Å². The second-order valence-electron chi connectivity index (χ2n) is 2.54. The molecule has 0 heterocycles. The van der Waals surface area contributed by atoms with E-state index in [1.54, 1.807) is 22.6 Å². The minimum Gasteiger partial charge on any atom is -0.405 e. The summed E-state index contributed by atoms with van der Waals surface area (Å²) >= 11 is 4.56. The van der Waals surface area contributed by atoms with Gasteiger partial charge >= 0.3 is 6.36 Å². The van der Waals surface area contributed by atoms with Crippen molar-refractivity contribution in [1.29, 1.82) is 0 Å². The number of hydrogen-bond acceptors (Lipinski definition) is 3. The molecule has 0 atom stereocenters. The second-order valence-corrected chi connectivity index (χ2v) is 4.48. The Labute approximate surface area is 109 Å². The fourth-order valence-electron chi connectivity index (χ4n) is 0.876. The lowest BCUT2D eigenvalue weighted by molar-refractivity contribution is -0.386. The predicted molar refractivity (Wildman–Crippen MR) is 60.2 cm³/mol. The van der Waals surface area contributed by atoms with E-state index < -0.39 is 22.7 Å². The summed E-state index contributed by atoms with van der Waals surface area (Å²) in [5.74, 6) is -0.633. The van der Waals surface area contributed by atoms with Crippen molar-refractivity contribution < 1.29 is 22.8 Å². The molecule has 1 rings (SSSR count). The number of nitro benzene ring substituents is 1. The summed E-state index contributed by atoms with van der Waals surface area (Å²) in [5, 5.41) is 10.5. The molecule has 0 amide bonds. The van der Waals surface area contributed by atoms with Crippen LogP contribution in [0.5, 0.6) is 5.75 Å². The van der Waals surface area contributed by atoms with Crippen LogP contribution in [0, 0.1) is 13.7 Å². The molecule has 0 saturated heterocycles. The first-order valence-corrected chi connectivity index (χ1v) is 5.47. The van der Waals surface area contributed by atoms with Crippen LogP contribution in [0.4, 0.5) is 18.9 Å². The summed E-state index contributed by atoms with van der Waals surface area (Å²) in [6.45, 7) is 0. The molecule has 0 aliphatic heterocycles. The van der Waals surface area contributed by atoms with Gasteiger partial charge in [-0.05, 0) is 44.6 Å². The van der Waals surface area contributed by atoms with Crippen LogP contribution in [-0.2, 0) is 0 Å². The highest BCUT2D eigenvalue weighted by Gasteiger charge is 2.32. The van der Waals surface area contributed by atoms with Crippen molar-refractivity contribution >= 4 is 44.2 Å². The van der Waals surface area contributed by atoms with Gasteiger partial charge in [0, 0.05) is 4.47 Å². The van der Waals surface area contributed by atoms with Gasteiger partial charge in [-0.2, -0.15) is 0 Å². The van der Waals surface area contributed by atoms with Crippen LogP contribution in [0.1, 0.15) is 0 Å². The quantitative estimate of drug-likeness (QED) is 0.422. The van der Waals surface area contributed by atoms with Crippen LogP contribution in [0.3, 0.4) is 0 Å². The molecule has 0 spiro atoms. The number of rotatable bonds is 2. The minimum atomic E-state index is -4.87. The Morgan fingerprint density at radius 2 is 2.00 bits per heavy atom. The number of alkyl halides is 3. The van der Waals surface area contributed by atoms with E-state index in [0.29, 0.717) is 0 Å². The minimum absolute atomic E-state index is 0.168. The Hall–Kier alpha value is -0.580. The standard InChI is InChI=1S/C7H2BrF3INO3/c8-4-1-3(16-7(9,10)11)2-5(6(4)12)13(14)15/h1-2H. The SMILES string of the molecule is O=[N+]([O-])c1cc(OC(F)(F)F)cc(Br)c1I. The first-order chi connectivity index (χ1) is 7.20. The average molecular weight is 412 g/mol. The van der Waals surface area contributed by atoms with Gasteiger partial charge in [-0.15, -0.1) is 13.2 Å². The largest absolute Gasteiger partial charge is 0.573 e. The van der Waals surface area contributed by atoms with Crippen LogP contribution in [0.15, 0.2) is 16.6 Å². The number of hydrogen-bond donors (Lipinski definition) is 0. The smallest absolute Gasteiger partial charge is 0.405 e. The summed E-state index contributed by atoms with van der Waals surface area (Å²) in [6.07, 6.45) is -4.87. The molecule has 0 bridgehead atoms. The molecular formula is C7H2BrF3INO3. The lowest BCUT2D eigenvalue weighted by Crippen LogP contribution is -2.17. The van der Waals surface area contributed by atoms with E-state index in [2.05, 4.69) is 20.7 Å². The monoisotopic (exact) mass is 411 g/mol. The van der Waals surface area contributed by atoms with E-state index >= 15 is 0 Å². The second kappa shape index (κ2) is 4.73. The maximum atomic E-state index is 11.9. The van der Waals surface area contributed by atoms with Crippen molar-refractivity contribution in [1.82, 2.24) is 0 Å². The summed E-state index contributed by atoms with van der Waals surface area (Å²) in [6, 6.07) is 1.74. The van der Waals surface area contributed by atoms with E-state index in [0.717, 1.165) is 12.1 Å². The Morgan fingerprint density at radius 3 is 2.44 bits per heavy atom. The Morgan fingerprint density at radius 1 is 1.44 bits per heavy atom. The summed E-state index contributed by atoms with van der Waals surface area (Å²) in [4.78, 5) is 9.75. The van der Waals surface area contributed by atoms with Crippen molar-refractivity contribution in [3.8, 4) is 5.75 Å². The highest BCUT2D eigenvalue weighted by Crippen LogP contribution is 2.35. The number of halogens is 5. The molecule has 0 aliphatic carbocycles. The van der Waals surface area contributed by atoms with Gasteiger partial charge in [-0.3, -0.25) is 10.1 Å².